The summed E-state index contributed by atoms with van der Waals surface area (Å²) in [6.07, 6.45) is 4.91. The molecule has 0 aromatic heterocycles. The van der Waals surface area contributed by atoms with Crippen molar-refractivity contribution in [3.8, 4) is 0 Å². The molecule has 2 rings (SSSR count). The number of nitrogens with zero attached hydrogens (tertiary/aromatic N) is 1. The number of anilines is 1. The van der Waals surface area contributed by atoms with E-state index in [0.29, 0.717) is 5.41 Å². The van der Waals surface area contributed by atoms with E-state index in [0.717, 1.165) is 6.42 Å². The van der Waals surface area contributed by atoms with Crippen LogP contribution in [0.1, 0.15) is 58.1 Å². The predicted octanol–water partition coefficient (Wildman–Crippen LogP) is 4.11. The van der Waals surface area contributed by atoms with Gasteiger partial charge in [-0.15, -0.1) is 0 Å². The Hall–Kier alpha value is -1.02. The van der Waals surface area contributed by atoms with Crippen molar-refractivity contribution in [3.63, 3.8) is 0 Å². The quantitative estimate of drug-likeness (QED) is 0.886. The molecule has 0 bridgehead atoms. The van der Waals surface area contributed by atoms with E-state index in [2.05, 4.69) is 49.9 Å². The Balaban J connectivity index is 2.05. The van der Waals surface area contributed by atoms with Crippen molar-refractivity contribution in [2.45, 2.75) is 52.5 Å². The van der Waals surface area contributed by atoms with Crippen LogP contribution in [-0.4, -0.2) is 13.1 Å². The van der Waals surface area contributed by atoms with Crippen LogP contribution in [-0.2, 0) is 0 Å². The minimum atomic E-state index is 0.178. The molecule has 0 amide bonds. The Bertz CT molecular complexity index is 394. The van der Waals surface area contributed by atoms with E-state index in [-0.39, 0.29) is 6.04 Å². The van der Waals surface area contributed by atoms with Gasteiger partial charge in [-0.25, -0.2) is 0 Å². The van der Waals surface area contributed by atoms with Gasteiger partial charge < -0.3 is 10.6 Å². The minimum absolute atomic E-state index is 0.178. The minimum Gasteiger partial charge on any atom is -0.372 e. The lowest BCUT2D eigenvalue weighted by Gasteiger charge is -2.25. The topological polar surface area (TPSA) is 29.3 Å². The summed E-state index contributed by atoms with van der Waals surface area (Å²) in [4.78, 5) is 2.52. The Kier molecular flexibility index (Phi) is 4.51. The van der Waals surface area contributed by atoms with Crippen molar-refractivity contribution >= 4 is 5.69 Å². The largest absolute Gasteiger partial charge is 0.372 e. The van der Waals surface area contributed by atoms with E-state index in [1.807, 2.05) is 0 Å². The van der Waals surface area contributed by atoms with Gasteiger partial charge in [0, 0.05) is 24.8 Å². The van der Waals surface area contributed by atoms with Crippen LogP contribution >= 0.6 is 0 Å². The summed E-state index contributed by atoms with van der Waals surface area (Å²) in [5, 5.41) is 0. The molecular formula is C17H28N2. The van der Waals surface area contributed by atoms with Gasteiger partial charge in [0.2, 0.25) is 0 Å². The van der Waals surface area contributed by atoms with E-state index < -0.39 is 0 Å². The lowest BCUT2D eigenvalue weighted by molar-refractivity contribution is 0.325. The second-order valence-corrected chi connectivity index (χ2v) is 6.61. The van der Waals surface area contributed by atoms with Gasteiger partial charge in [0.25, 0.3) is 0 Å². The molecule has 2 heteroatoms. The number of nitrogens with two attached hydrogens (primary N) is 1. The average molecular weight is 260 g/mol. The number of benzene rings is 1. The van der Waals surface area contributed by atoms with Gasteiger partial charge >= 0.3 is 0 Å². The molecule has 1 aromatic rings. The molecule has 2 N–H and O–H groups in total. The Morgan fingerprint density at radius 1 is 1.16 bits per heavy atom. The standard InChI is InChI=1S/C17H28N2/c1-4-16(18)14-6-8-15(9-7-14)19-12-5-10-17(2,3)11-13-19/h6-9,16H,4-5,10-13,18H2,1-3H3. The molecule has 0 aliphatic carbocycles. The third kappa shape index (κ3) is 3.73. The first-order valence-electron chi connectivity index (χ1n) is 7.62. The molecule has 0 radical (unpaired) electrons. The Morgan fingerprint density at radius 2 is 1.84 bits per heavy atom. The van der Waals surface area contributed by atoms with Crippen LogP contribution in [0, 0.1) is 5.41 Å². The second kappa shape index (κ2) is 5.96. The fourth-order valence-corrected chi connectivity index (χ4v) is 2.85. The molecule has 1 fully saturated rings. The molecule has 1 aromatic carbocycles. The van der Waals surface area contributed by atoms with Gasteiger partial charge in [0.15, 0.2) is 0 Å². The monoisotopic (exact) mass is 260 g/mol. The van der Waals surface area contributed by atoms with Gasteiger partial charge in [-0.3, -0.25) is 0 Å². The number of hydrogen-bond acceptors (Lipinski definition) is 2. The zero-order valence-electron chi connectivity index (χ0n) is 12.7. The van der Waals surface area contributed by atoms with Crippen LogP contribution in [0.2, 0.25) is 0 Å². The fourth-order valence-electron chi connectivity index (χ4n) is 2.85. The molecule has 0 saturated carbocycles. The summed E-state index contributed by atoms with van der Waals surface area (Å²) in [5.74, 6) is 0. The second-order valence-electron chi connectivity index (χ2n) is 6.61. The number of rotatable bonds is 3. The lowest BCUT2D eigenvalue weighted by atomic mass is 9.85. The highest BCUT2D eigenvalue weighted by molar-refractivity contribution is 5.48. The van der Waals surface area contributed by atoms with Gasteiger partial charge in [0.05, 0.1) is 0 Å². The van der Waals surface area contributed by atoms with Crippen molar-refractivity contribution in [1.82, 2.24) is 0 Å². The molecule has 19 heavy (non-hydrogen) atoms. The summed E-state index contributed by atoms with van der Waals surface area (Å²) < 4.78 is 0. The smallest absolute Gasteiger partial charge is 0.0366 e. The fraction of sp³-hybridized carbons (Fsp3) is 0.647. The van der Waals surface area contributed by atoms with E-state index in [1.54, 1.807) is 0 Å². The molecule has 1 saturated heterocycles. The highest BCUT2D eigenvalue weighted by atomic mass is 15.1. The molecular weight excluding hydrogens is 232 g/mol. The molecule has 1 aliphatic rings. The van der Waals surface area contributed by atoms with Crippen LogP contribution in [0.3, 0.4) is 0 Å². The summed E-state index contributed by atoms with van der Waals surface area (Å²) in [5.41, 5.74) is 9.17. The van der Waals surface area contributed by atoms with Gasteiger partial charge in [-0.05, 0) is 48.8 Å². The van der Waals surface area contributed by atoms with Crippen molar-refractivity contribution in [1.29, 1.82) is 0 Å². The normalized spacial score (nSPS) is 20.9. The Morgan fingerprint density at radius 3 is 2.47 bits per heavy atom. The first kappa shape index (κ1) is 14.4. The molecule has 1 atom stereocenters. The summed E-state index contributed by atoms with van der Waals surface area (Å²) in [6, 6.07) is 9.04. The summed E-state index contributed by atoms with van der Waals surface area (Å²) in [6.45, 7) is 9.27. The summed E-state index contributed by atoms with van der Waals surface area (Å²) in [7, 11) is 0. The number of hydrogen-bond donors (Lipinski definition) is 1. The van der Waals surface area contributed by atoms with Crippen molar-refractivity contribution in [2.24, 2.45) is 11.1 Å². The maximum Gasteiger partial charge on any atom is 0.0366 e. The van der Waals surface area contributed by atoms with Crippen molar-refractivity contribution in [3.05, 3.63) is 29.8 Å². The average Bonchev–Trinajstić information content (AvgIpc) is 2.59. The third-order valence-electron chi connectivity index (χ3n) is 4.47. The van der Waals surface area contributed by atoms with Crippen molar-refractivity contribution < 1.29 is 0 Å². The van der Waals surface area contributed by atoms with Crippen LogP contribution < -0.4 is 10.6 Å². The predicted molar refractivity (Wildman–Crippen MR) is 83.5 cm³/mol. The van der Waals surface area contributed by atoms with Crippen LogP contribution in [0.25, 0.3) is 0 Å². The molecule has 1 aliphatic heterocycles. The summed E-state index contributed by atoms with van der Waals surface area (Å²) >= 11 is 0. The highest BCUT2D eigenvalue weighted by Gasteiger charge is 2.23. The van der Waals surface area contributed by atoms with E-state index >= 15 is 0 Å². The maximum absolute atomic E-state index is 6.07. The van der Waals surface area contributed by atoms with Crippen LogP contribution in [0.4, 0.5) is 5.69 Å². The van der Waals surface area contributed by atoms with E-state index in [9.17, 15) is 0 Å². The molecule has 1 heterocycles. The molecule has 106 valence electrons. The zero-order chi connectivity index (χ0) is 13.9. The highest BCUT2D eigenvalue weighted by Crippen LogP contribution is 2.31. The molecule has 2 nitrogen and oxygen atoms in total. The molecule has 1 unspecified atom stereocenters. The Labute approximate surface area is 118 Å². The van der Waals surface area contributed by atoms with Gasteiger partial charge in [-0.2, -0.15) is 0 Å². The van der Waals surface area contributed by atoms with Gasteiger partial charge in [-0.1, -0.05) is 32.9 Å². The first-order valence-corrected chi connectivity index (χ1v) is 7.62. The first-order chi connectivity index (χ1) is 9.02. The van der Waals surface area contributed by atoms with E-state index in [4.69, 9.17) is 5.73 Å². The zero-order valence-corrected chi connectivity index (χ0v) is 12.7. The van der Waals surface area contributed by atoms with Crippen LogP contribution in [0.15, 0.2) is 24.3 Å². The van der Waals surface area contributed by atoms with Crippen LogP contribution in [0.5, 0.6) is 0 Å². The SMILES string of the molecule is CCC(N)c1ccc(N2CCCC(C)(C)CC2)cc1. The lowest BCUT2D eigenvalue weighted by Crippen LogP contribution is -2.25. The third-order valence-corrected chi connectivity index (χ3v) is 4.47. The molecule has 0 spiro atoms. The van der Waals surface area contributed by atoms with Crippen molar-refractivity contribution in [2.75, 3.05) is 18.0 Å². The maximum atomic E-state index is 6.07. The van der Waals surface area contributed by atoms with E-state index in [1.165, 1.54) is 43.6 Å². The van der Waals surface area contributed by atoms with Gasteiger partial charge in [0.1, 0.15) is 0 Å².